The Morgan fingerprint density at radius 2 is 1.94 bits per heavy atom. The summed E-state index contributed by atoms with van der Waals surface area (Å²) in [7, 11) is 0. The van der Waals surface area contributed by atoms with E-state index >= 15 is 0 Å². The highest BCUT2D eigenvalue weighted by atomic mass is 32.1. The minimum absolute atomic E-state index is 0.0161. The molecule has 0 unspecified atom stereocenters. The number of hydrogen-bond donors (Lipinski definition) is 1. The highest BCUT2D eigenvalue weighted by Gasteiger charge is 2.21. The summed E-state index contributed by atoms with van der Waals surface area (Å²) in [6.07, 6.45) is 0. The molecule has 1 N–H and O–H groups in total. The van der Waals surface area contributed by atoms with Crippen molar-refractivity contribution in [1.29, 1.82) is 0 Å². The van der Waals surface area contributed by atoms with Crippen molar-refractivity contribution in [3.63, 3.8) is 0 Å². The molecule has 0 aliphatic carbocycles. The third kappa shape index (κ3) is 4.52. The van der Waals surface area contributed by atoms with Crippen LogP contribution >= 0.6 is 22.7 Å². The van der Waals surface area contributed by atoms with Crippen LogP contribution in [0.4, 0.5) is 15.2 Å². The van der Waals surface area contributed by atoms with Crippen LogP contribution in [0, 0.1) is 15.9 Å². The number of carbonyl (C=O) groups excluding carboxylic acids is 1. The van der Waals surface area contributed by atoms with Gasteiger partial charge in [-0.15, -0.1) is 11.3 Å². The molecule has 1 saturated heterocycles. The fourth-order valence-electron chi connectivity index (χ4n) is 3.87. The van der Waals surface area contributed by atoms with E-state index in [2.05, 4.69) is 20.1 Å². The van der Waals surface area contributed by atoms with E-state index in [1.165, 1.54) is 40.9 Å². The van der Waals surface area contributed by atoms with E-state index < -0.39 is 4.92 Å². The van der Waals surface area contributed by atoms with Crippen molar-refractivity contribution in [2.45, 2.75) is 0 Å². The predicted octanol–water partition coefficient (Wildman–Crippen LogP) is 4.11. The second kappa shape index (κ2) is 9.00. The molecule has 170 valence electrons. The summed E-state index contributed by atoms with van der Waals surface area (Å²) in [4.78, 5) is 32.5. The Bertz CT molecular complexity index is 1350. The average Bonchev–Trinajstić information content (AvgIpc) is 3.44. The molecule has 0 spiro atoms. The lowest BCUT2D eigenvalue weighted by atomic mass is 10.2. The van der Waals surface area contributed by atoms with Gasteiger partial charge in [0.05, 0.1) is 14.5 Å². The molecule has 0 bridgehead atoms. The summed E-state index contributed by atoms with van der Waals surface area (Å²) in [5.41, 5.74) is 0.445. The van der Waals surface area contributed by atoms with Crippen LogP contribution < -0.4 is 10.2 Å². The number of fused-ring (bicyclic) bond motifs is 2. The standard InChI is InChI=1S/C22H20FN5O3S2/c23-16-2-1-3-18-20(16)25-22(33-18)27-10-8-26(9-11-27)7-6-24-21(29)19-13-14-12-15(28(30)31)4-5-17(14)32-19/h1-5,12-13H,6-11H2,(H,24,29). The summed E-state index contributed by atoms with van der Waals surface area (Å²) in [5, 5.41) is 15.4. The summed E-state index contributed by atoms with van der Waals surface area (Å²) in [5.74, 6) is -0.463. The summed E-state index contributed by atoms with van der Waals surface area (Å²) in [6, 6.07) is 11.3. The number of para-hydroxylation sites is 1. The third-order valence-electron chi connectivity index (χ3n) is 5.65. The van der Waals surface area contributed by atoms with Gasteiger partial charge in [0.1, 0.15) is 11.3 Å². The highest BCUT2D eigenvalue weighted by Crippen LogP contribution is 2.31. The Morgan fingerprint density at radius 3 is 2.70 bits per heavy atom. The number of rotatable bonds is 6. The third-order valence-corrected chi connectivity index (χ3v) is 7.85. The average molecular weight is 486 g/mol. The quantitative estimate of drug-likeness (QED) is 0.326. The number of piperazine rings is 1. The number of benzene rings is 2. The molecule has 2 aromatic carbocycles. The Kier molecular flexibility index (Phi) is 5.92. The zero-order valence-electron chi connectivity index (χ0n) is 17.5. The monoisotopic (exact) mass is 485 g/mol. The van der Waals surface area contributed by atoms with Gasteiger partial charge in [0.25, 0.3) is 11.6 Å². The van der Waals surface area contributed by atoms with E-state index in [0.29, 0.717) is 22.3 Å². The van der Waals surface area contributed by atoms with Crippen LogP contribution in [0.2, 0.25) is 0 Å². The first kappa shape index (κ1) is 21.7. The van der Waals surface area contributed by atoms with Crippen molar-refractivity contribution in [1.82, 2.24) is 15.2 Å². The lowest BCUT2D eigenvalue weighted by molar-refractivity contribution is -0.384. The molecule has 3 heterocycles. The number of carbonyl (C=O) groups is 1. The van der Waals surface area contributed by atoms with Crippen LogP contribution in [0.15, 0.2) is 42.5 Å². The molecule has 33 heavy (non-hydrogen) atoms. The summed E-state index contributed by atoms with van der Waals surface area (Å²) < 4.78 is 15.6. The lowest BCUT2D eigenvalue weighted by Gasteiger charge is -2.34. The van der Waals surface area contributed by atoms with E-state index in [9.17, 15) is 19.3 Å². The minimum Gasteiger partial charge on any atom is -0.350 e. The first-order valence-corrected chi connectivity index (χ1v) is 12.1. The molecule has 1 aliphatic rings. The van der Waals surface area contributed by atoms with Crippen molar-refractivity contribution in [2.24, 2.45) is 0 Å². The van der Waals surface area contributed by atoms with E-state index in [1.54, 1.807) is 18.2 Å². The maximum atomic E-state index is 13.9. The molecule has 11 heteroatoms. The molecule has 1 aliphatic heterocycles. The van der Waals surface area contributed by atoms with Crippen molar-refractivity contribution in [2.75, 3.05) is 44.2 Å². The lowest BCUT2D eigenvalue weighted by Crippen LogP contribution is -2.48. The zero-order chi connectivity index (χ0) is 22.9. The number of nitrogens with one attached hydrogen (secondary N) is 1. The SMILES string of the molecule is O=C(NCCN1CCN(c2nc3c(F)cccc3s2)CC1)c1cc2cc([N+](=O)[O-])ccc2s1. The first-order chi connectivity index (χ1) is 16.0. The molecular formula is C22H20FN5O3S2. The summed E-state index contributed by atoms with van der Waals surface area (Å²) in [6.45, 7) is 4.50. The van der Waals surface area contributed by atoms with Gasteiger partial charge in [-0.2, -0.15) is 0 Å². The Morgan fingerprint density at radius 1 is 1.12 bits per heavy atom. The van der Waals surface area contributed by atoms with Crippen molar-refractivity contribution in [3.8, 4) is 0 Å². The minimum atomic E-state index is -0.439. The molecule has 8 nitrogen and oxygen atoms in total. The number of anilines is 1. The fraction of sp³-hybridized carbons (Fsp3) is 0.273. The number of nitro groups is 1. The predicted molar refractivity (Wildman–Crippen MR) is 129 cm³/mol. The van der Waals surface area contributed by atoms with Crippen LogP contribution in [-0.4, -0.2) is 60.0 Å². The van der Waals surface area contributed by atoms with Gasteiger partial charge in [-0.1, -0.05) is 17.4 Å². The number of thiazole rings is 1. The molecule has 0 saturated carbocycles. The molecule has 4 aromatic rings. The Balaban J connectivity index is 1.12. The largest absolute Gasteiger partial charge is 0.350 e. The number of nitro benzene ring substituents is 1. The van der Waals surface area contributed by atoms with E-state index in [0.717, 1.165) is 47.3 Å². The number of hydrogen-bond acceptors (Lipinski definition) is 8. The van der Waals surface area contributed by atoms with Crippen molar-refractivity contribution in [3.05, 3.63) is 63.3 Å². The van der Waals surface area contributed by atoms with Crippen molar-refractivity contribution < 1.29 is 14.1 Å². The highest BCUT2D eigenvalue weighted by molar-refractivity contribution is 7.22. The van der Waals surface area contributed by atoms with Crippen LogP contribution in [0.25, 0.3) is 20.3 Å². The topological polar surface area (TPSA) is 91.6 Å². The Hall–Kier alpha value is -3.15. The van der Waals surface area contributed by atoms with Crippen LogP contribution in [0.1, 0.15) is 9.67 Å². The van der Waals surface area contributed by atoms with Crippen molar-refractivity contribution >= 4 is 59.7 Å². The number of nitrogens with zero attached hydrogens (tertiary/aromatic N) is 4. The molecule has 0 atom stereocenters. The first-order valence-electron chi connectivity index (χ1n) is 10.5. The number of amides is 1. The van der Waals surface area contributed by atoms with E-state index in [-0.39, 0.29) is 17.4 Å². The molecule has 1 amide bonds. The second-order valence-corrected chi connectivity index (χ2v) is 9.85. The molecule has 5 rings (SSSR count). The van der Waals surface area contributed by atoms with Crippen LogP contribution in [0.5, 0.6) is 0 Å². The second-order valence-electron chi connectivity index (χ2n) is 7.76. The van der Waals surface area contributed by atoms with Gasteiger partial charge in [0, 0.05) is 61.5 Å². The van der Waals surface area contributed by atoms with Gasteiger partial charge in [-0.05, 0) is 24.3 Å². The van der Waals surface area contributed by atoms with Gasteiger partial charge >= 0.3 is 0 Å². The maximum Gasteiger partial charge on any atom is 0.270 e. The number of halogens is 1. The number of non-ortho nitro benzene ring substituents is 1. The van der Waals surface area contributed by atoms with E-state index in [1.807, 2.05) is 6.07 Å². The molecule has 0 radical (unpaired) electrons. The Labute approximate surface area is 196 Å². The molecule has 1 fully saturated rings. The normalized spacial score (nSPS) is 14.8. The van der Waals surface area contributed by atoms with E-state index in [4.69, 9.17) is 0 Å². The number of thiophene rings is 1. The van der Waals surface area contributed by atoms with Gasteiger partial charge in [-0.25, -0.2) is 9.37 Å². The number of aromatic nitrogens is 1. The van der Waals surface area contributed by atoms with Gasteiger partial charge in [0.15, 0.2) is 5.13 Å². The smallest absolute Gasteiger partial charge is 0.270 e. The zero-order valence-corrected chi connectivity index (χ0v) is 19.1. The molecular weight excluding hydrogens is 465 g/mol. The van der Waals surface area contributed by atoms with Gasteiger partial charge < -0.3 is 10.2 Å². The molecule has 2 aromatic heterocycles. The van der Waals surface area contributed by atoms with Crippen LogP contribution in [-0.2, 0) is 0 Å². The van der Waals surface area contributed by atoms with Gasteiger partial charge in [0.2, 0.25) is 0 Å². The summed E-state index contributed by atoms with van der Waals surface area (Å²) >= 11 is 2.83. The maximum absolute atomic E-state index is 13.9. The van der Waals surface area contributed by atoms with Gasteiger partial charge in [-0.3, -0.25) is 19.8 Å². The fourth-order valence-corrected chi connectivity index (χ4v) is 5.86. The van der Waals surface area contributed by atoms with Crippen LogP contribution in [0.3, 0.4) is 0 Å².